The molecule has 0 aromatic heterocycles. The van der Waals surface area contributed by atoms with Crippen LogP contribution in [0.15, 0.2) is 0 Å². The molecule has 0 aliphatic carbocycles. The third kappa shape index (κ3) is 6.90. The number of hydrogen-bond donors (Lipinski definition) is 3. The lowest BCUT2D eigenvalue weighted by Crippen LogP contribution is -2.39. The fourth-order valence-corrected chi connectivity index (χ4v) is 1.27. The summed E-state index contributed by atoms with van der Waals surface area (Å²) in [6, 6.07) is 0. The van der Waals surface area contributed by atoms with Crippen molar-refractivity contribution in [1.82, 2.24) is 10.6 Å². The zero-order valence-corrected chi connectivity index (χ0v) is 9.51. The predicted molar refractivity (Wildman–Crippen MR) is 59.1 cm³/mol. The summed E-state index contributed by atoms with van der Waals surface area (Å²) in [4.78, 5) is 22.0. The third-order valence-corrected chi connectivity index (χ3v) is 2.09. The van der Waals surface area contributed by atoms with E-state index in [-0.39, 0.29) is 17.7 Å². The van der Waals surface area contributed by atoms with Gasteiger partial charge in [-0.2, -0.15) is 0 Å². The minimum atomic E-state index is -0.104. The van der Waals surface area contributed by atoms with Crippen LogP contribution in [-0.4, -0.2) is 31.4 Å². The highest BCUT2D eigenvalue weighted by molar-refractivity contribution is 5.79. The van der Waals surface area contributed by atoms with E-state index in [9.17, 15) is 9.59 Å². The van der Waals surface area contributed by atoms with Crippen molar-refractivity contribution in [2.24, 2.45) is 11.7 Å². The van der Waals surface area contributed by atoms with Gasteiger partial charge in [0.15, 0.2) is 0 Å². The Balaban J connectivity index is 3.66. The summed E-state index contributed by atoms with van der Waals surface area (Å²) in [5, 5.41) is 5.35. The highest BCUT2D eigenvalue weighted by Gasteiger charge is 2.14. The van der Waals surface area contributed by atoms with E-state index >= 15 is 0 Å². The van der Waals surface area contributed by atoms with Gasteiger partial charge in [0.2, 0.25) is 11.8 Å². The Kier molecular flexibility index (Phi) is 7.62. The van der Waals surface area contributed by atoms with E-state index in [1.54, 1.807) is 0 Å². The first kappa shape index (κ1) is 13.9. The van der Waals surface area contributed by atoms with Crippen LogP contribution in [0.4, 0.5) is 0 Å². The molecule has 5 nitrogen and oxygen atoms in total. The molecule has 4 N–H and O–H groups in total. The maximum Gasteiger partial charge on any atom is 0.224 e. The van der Waals surface area contributed by atoms with E-state index in [0.29, 0.717) is 19.6 Å². The number of carbonyl (C=O) groups is 2. The van der Waals surface area contributed by atoms with Gasteiger partial charge in [-0.3, -0.25) is 9.59 Å². The van der Waals surface area contributed by atoms with Crippen LogP contribution >= 0.6 is 0 Å². The largest absolute Gasteiger partial charge is 0.355 e. The fourth-order valence-electron chi connectivity index (χ4n) is 1.27. The Bertz CT molecular complexity index is 207. The van der Waals surface area contributed by atoms with Gasteiger partial charge < -0.3 is 16.4 Å². The molecule has 5 heteroatoms. The van der Waals surface area contributed by atoms with Gasteiger partial charge in [0.05, 0.1) is 5.92 Å². The Labute approximate surface area is 90.8 Å². The van der Waals surface area contributed by atoms with Crippen LogP contribution < -0.4 is 16.4 Å². The van der Waals surface area contributed by atoms with E-state index < -0.39 is 0 Å². The Morgan fingerprint density at radius 2 is 1.87 bits per heavy atom. The molecule has 0 rings (SSSR count). The summed E-state index contributed by atoms with van der Waals surface area (Å²) in [6.45, 7) is 4.76. The second-order valence-electron chi connectivity index (χ2n) is 3.50. The van der Waals surface area contributed by atoms with Crippen LogP contribution in [0.2, 0.25) is 0 Å². The molecule has 15 heavy (non-hydrogen) atoms. The average Bonchev–Trinajstić information content (AvgIpc) is 2.20. The van der Waals surface area contributed by atoms with Crippen molar-refractivity contribution >= 4 is 11.8 Å². The van der Waals surface area contributed by atoms with Crippen molar-refractivity contribution in [3.8, 4) is 0 Å². The summed E-state index contributed by atoms with van der Waals surface area (Å²) in [6.07, 6.45) is 1.75. The van der Waals surface area contributed by atoms with Crippen LogP contribution in [0.25, 0.3) is 0 Å². The number of carbonyl (C=O) groups excluding carboxylic acids is 2. The van der Waals surface area contributed by atoms with Gasteiger partial charge >= 0.3 is 0 Å². The molecule has 0 bridgehead atoms. The molecular formula is C10H21N3O2. The van der Waals surface area contributed by atoms with Gasteiger partial charge in [0.1, 0.15) is 0 Å². The molecule has 2 amide bonds. The highest BCUT2D eigenvalue weighted by Crippen LogP contribution is 2.03. The minimum absolute atomic E-state index is 0.0234. The number of nitrogens with one attached hydrogen (secondary N) is 2. The van der Waals surface area contributed by atoms with Crippen molar-refractivity contribution in [1.29, 1.82) is 0 Å². The molecule has 1 unspecified atom stereocenters. The molecule has 88 valence electrons. The summed E-state index contributed by atoms with van der Waals surface area (Å²) < 4.78 is 0. The topological polar surface area (TPSA) is 84.2 Å². The predicted octanol–water partition coefficient (Wildman–Crippen LogP) is -0.386. The first-order chi connectivity index (χ1) is 7.11. The zero-order chi connectivity index (χ0) is 11.7. The van der Waals surface area contributed by atoms with E-state index in [0.717, 1.165) is 12.8 Å². The van der Waals surface area contributed by atoms with Crippen molar-refractivity contribution in [3.05, 3.63) is 0 Å². The third-order valence-electron chi connectivity index (χ3n) is 2.09. The van der Waals surface area contributed by atoms with Crippen LogP contribution in [0.3, 0.4) is 0 Å². The summed E-state index contributed by atoms with van der Waals surface area (Å²) in [5.41, 5.74) is 5.48. The lowest BCUT2D eigenvalue weighted by Gasteiger charge is -2.13. The molecule has 0 fully saturated rings. The molecular weight excluding hydrogens is 194 g/mol. The van der Waals surface area contributed by atoms with Crippen LogP contribution in [-0.2, 0) is 9.59 Å². The number of hydrogen-bond acceptors (Lipinski definition) is 3. The van der Waals surface area contributed by atoms with Gasteiger partial charge in [-0.15, -0.1) is 0 Å². The summed E-state index contributed by atoms with van der Waals surface area (Å²) in [5.74, 6) is -0.217. The van der Waals surface area contributed by atoms with Gasteiger partial charge in [-0.1, -0.05) is 13.3 Å². The Morgan fingerprint density at radius 1 is 1.27 bits per heavy atom. The Morgan fingerprint density at radius 3 is 2.33 bits per heavy atom. The number of amides is 2. The lowest BCUT2D eigenvalue weighted by atomic mass is 10.0. The molecule has 1 atom stereocenters. The highest BCUT2D eigenvalue weighted by atomic mass is 16.2. The normalized spacial score (nSPS) is 11.9. The average molecular weight is 215 g/mol. The second-order valence-corrected chi connectivity index (χ2v) is 3.50. The van der Waals surface area contributed by atoms with E-state index in [2.05, 4.69) is 10.6 Å². The monoisotopic (exact) mass is 215 g/mol. The van der Waals surface area contributed by atoms with Crippen molar-refractivity contribution in [2.75, 3.05) is 19.6 Å². The SMILES string of the molecule is CCCC(CN)C(=O)NCCNC(C)=O. The van der Waals surface area contributed by atoms with Gasteiger partial charge in [-0.05, 0) is 6.42 Å². The summed E-state index contributed by atoms with van der Waals surface area (Å²) in [7, 11) is 0. The summed E-state index contributed by atoms with van der Waals surface area (Å²) >= 11 is 0. The maximum atomic E-state index is 11.5. The molecule has 0 aliphatic rings. The maximum absolute atomic E-state index is 11.5. The first-order valence-corrected chi connectivity index (χ1v) is 5.34. The second kappa shape index (κ2) is 8.23. The fraction of sp³-hybridized carbons (Fsp3) is 0.800. The van der Waals surface area contributed by atoms with Gasteiger partial charge in [0.25, 0.3) is 0 Å². The van der Waals surface area contributed by atoms with Crippen molar-refractivity contribution in [3.63, 3.8) is 0 Å². The molecule has 0 aromatic rings. The van der Waals surface area contributed by atoms with Crippen LogP contribution in [0, 0.1) is 5.92 Å². The smallest absolute Gasteiger partial charge is 0.224 e. The molecule has 0 aliphatic heterocycles. The first-order valence-electron chi connectivity index (χ1n) is 5.34. The van der Waals surface area contributed by atoms with Crippen LogP contribution in [0.1, 0.15) is 26.7 Å². The van der Waals surface area contributed by atoms with E-state index in [4.69, 9.17) is 5.73 Å². The van der Waals surface area contributed by atoms with Gasteiger partial charge in [0, 0.05) is 26.6 Å². The molecule has 0 aromatic carbocycles. The molecule has 0 radical (unpaired) electrons. The molecule has 0 saturated carbocycles. The van der Waals surface area contributed by atoms with Crippen molar-refractivity contribution < 1.29 is 9.59 Å². The standard InChI is InChI=1S/C10H21N3O2/c1-3-4-9(7-11)10(15)13-6-5-12-8(2)14/h9H,3-7,11H2,1-2H3,(H,12,14)(H,13,15). The number of nitrogens with two attached hydrogens (primary N) is 1. The quantitative estimate of drug-likeness (QED) is 0.506. The van der Waals surface area contributed by atoms with E-state index in [1.165, 1.54) is 6.92 Å². The Hall–Kier alpha value is -1.10. The molecule has 0 spiro atoms. The van der Waals surface area contributed by atoms with E-state index in [1.807, 2.05) is 6.92 Å². The number of rotatable bonds is 7. The molecule has 0 heterocycles. The lowest BCUT2D eigenvalue weighted by molar-refractivity contribution is -0.125. The van der Waals surface area contributed by atoms with Crippen LogP contribution in [0.5, 0.6) is 0 Å². The minimum Gasteiger partial charge on any atom is -0.355 e. The zero-order valence-electron chi connectivity index (χ0n) is 9.51. The molecule has 0 saturated heterocycles. The van der Waals surface area contributed by atoms with Crippen molar-refractivity contribution in [2.45, 2.75) is 26.7 Å². The van der Waals surface area contributed by atoms with Gasteiger partial charge in [-0.25, -0.2) is 0 Å².